The third kappa shape index (κ3) is 1.56. The van der Waals surface area contributed by atoms with E-state index < -0.39 is 0 Å². The lowest BCUT2D eigenvalue weighted by Crippen LogP contribution is -1.98. The van der Waals surface area contributed by atoms with Crippen molar-refractivity contribution in [1.29, 1.82) is 0 Å². The molecule has 0 unspecified atom stereocenters. The standard InChI is InChI=1S/C10H11BrN2O2/c1-13-8(4-5-11)12-9-6(14)2-3-7(15)10(9)13/h2-3,14-15H,4-5H2,1H3/i5+1. The molecule has 0 aliphatic carbocycles. The zero-order valence-electron chi connectivity index (χ0n) is 8.24. The Balaban J connectivity index is 2.75. The SMILES string of the molecule is Cn1c(C[13CH2]Br)nc2c(O)ccc(O)c21. The number of fused-ring (bicyclic) bond motifs is 1. The zero-order chi connectivity index (χ0) is 11.0. The minimum Gasteiger partial charge on any atom is -0.506 e. The number of hydrogen-bond acceptors (Lipinski definition) is 3. The third-order valence-corrected chi connectivity index (χ3v) is 2.79. The van der Waals surface area contributed by atoms with Gasteiger partial charge in [-0.25, -0.2) is 4.98 Å². The topological polar surface area (TPSA) is 58.3 Å². The molecule has 0 fully saturated rings. The first-order valence-electron chi connectivity index (χ1n) is 4.57. The molecule has 0 bridgehead atoms. The molecule has 0 spiro atoms. The normalized spacial score (nSPS) is 11.1. The molecule has 80 valence electrons. The Hall–Kier alpha value is -1.23. The van der Waals surface area contributed by atoms with Gasteiger partial charge in [-0.2, -0.15) is 0 Å². The van der Waals surface area contributed by atoms with E-state index in [1.807, 2.05) is 7.05 Å². The van der Waals surface area contributed by atoms with E-state index in [9.17, 15) is 10.2 Å². The number of alkyl halides is 1. The molecule has 0 amide bonds. The number of halogens is 1. The fourth-order valence-electron chi connectivity index (χ4n) is 1.64. The van der Waals surface area contributed by atoms with Crippen molar-refractivity contribution in [3.63, 3.8) is 0 Å². The van der Waals surface area contributed by atoms with E-state index in [4.69, 9.17) is 0 Å². The van der Waals surface area contributed by atoms with Crippen LogP contribution in [0.5, 0.6) is 11.5 Å². The van der Waals surface area contributed by atoms with Gasteiger partial charge < -0.3 is 14.8 Å². The Morgan fingerprint density at radius 2 is 2.00 bits per heavy atom. The Labute approximate surface area is 95.3 Å². The molecule has 4 nitrogen and oxygen atoms in total. The predicted octanol–water partition coefficient (Wildman–Crippen LogP) is 1.92. The predicted molar refractivity (Wildman–Crippen MR) is 61.5 cm³/mol. The number of benzene rings is 1. The first-order chi connectivity index (χ1) is 7.15. The van der Waals surface area contributed by atoms with Crippen LogP contribution in [0.4, 0.5) is 0 Å². The number of aromatic nitrogens is 2. The minimum absolute atomic E-state index is 0.0965. The largest absolute Gasteiger partial charge is 0.506 e. The van der Waals surface area contributed by atoms with Gasteiger partial charge in [0.05, 0.1) is 0 Å². The highest BCUT2D eigenvalue weighted by atomic mass is 79.9. The van der Waals surface area contributed by atoms with E-state index in [0.29, 0.717) is 11.0 Å². The van der Waals surface area contributed by atoms with Crippen molar-refractivity contribution >= 4 is 27.0 Å². The van der Waals surface area contributed by atoms with Crippen molar-refractivity contribution < 1.29 is 10.2 Å². The highest BCUT2D eigenvalue weighted by Crippen LogP contribution is 2.31. The van der Waals surface area contributed by atoms with E-state index in [2.05, 4.69) is 20.9 Å². The second-order valence-corrected chi connectivity index (χ2v) is 4.12. The van der Waals surface area contributed by atoms with Gasteiger partial charge in [0.15, 0.2) is 0 Å². The van der Waals surface area contributed by atoms with Crippen LogP contribution >= 0.6 is 15.9 Å². The summed E-state index contributed by atoms with van der Waals surface area (Å²) in [7, 11) is 1.83. The van der Waals surface area contributed by atoms with E-state index in [0.717, 1.165) is 17.6 Å². The minimum atomic E-state index is 0.0965. The maximum atomic E-state index is 9.67. The van der Waals surface area contributed by atoms with Crippen molar-refractivity contribution in [1.82, 2.24) is 9.55 Å². The molecule has 2 aromatic rings. The molecule has 1 aromatic heterocycles. The number of imidazole rings is 1. The summed E-state index contributed by atoms with van der Waals surface area (Å²) >= 11 is 3.34. The number of phenols is 2. The van der Waals surface area contributed by atoms with Crippen molar-refractivity contribution in [3.8, 4) is 11.5 Å². The van der Waals surface area contributed by atoms with Crippen LogP contribution in [0.15, 0.2) is 12.1 Å². The van der Waals surface area contributed by atoms with Gasteiger partial charge in [0.25, 0.3) is 0 Å². The number of hydrogen-bond donors (Lipinski definition) is 2. The molecule has 5 heteroatoms. The molecule has 0 aliphatic rings. The van der Waals surface area contributed by atoms with Crippen LogP contribution in [0, 0.1) is 0 Å². The van der Waals surface area contributed by atoms with Crippen LogP contribution in [0.1, 0.15) is 5.82 Å². The molecule has 0 saturated carbocycles. The molecular weight excluding hydrogens is 261 g/mol. The number of rotatable bonds is 2. The highest BCUT2D eigenvalue weighted by molar-refractivity contribution is 9.09. The molecule has 2 N–H and O–H groups in total. The zero-order valence-corrected chi connectivity index (χ0v) is 9.82. The number of phenolic OH excluding ortho intramolecular Hbond substituents is 2. The summed E-state index contributed by atoms with van der Waals surface area (Å²) < 4.78 is 1.80. The third-order valence-electron chi connectivity index (χ3n) is 2.39. The molecule has 0 radical (unpaired) electrons. The van der Waals surface area contributed by atoms with Gasteiger partial charge in [0, 0.05) is 18.8 Å². The summed E-state index contributed by atoms with van der Waals surface area (Å²) in [6.45, 7) is 0. The fourth-order valence-corrected chi connectivity index (χ4v) is 2.00. The summed E-state index contributed by atoms with van der Waals surface area (Å²) in [6.07, 6.45) is 0.754. The number of aryl methyl sites for hydroxylation is 2. The second-order valence-electron chi connectivity index (χ2n) is 3.33. The van der Waals surface area contributed by atoms with Crippen molar-refractivity contribution in [2.75, 3.05) is 5.33 Å². The van der Waals surface area contributed by atoms with Gasteiger partial charge in [-0.1, -0.05) is 15.9 Å². The smallest absolute Gasteiger partial charge is 0.143 e. The van der Waals surface area contributed by atoms with Gasteiger partial charge in [0.2, 0.25) is 0 Å². The summed E-state index contributed by atoms with van der Waals surface area (Å²) in [5, 5.41) is 20.1. The van der Waals surface area contributed by atoms with Crippen LogP contribution in [-0.4, -0.2) is 25.1 Å². The van der Waals surface area contributed by atoms with E-state index in [-0.39, 0.29) is 11.5 Å². The lowest BCUT2D eigenvalue weighted by Gasteiger charge is -2.01. The van der Waals surface area contributed by atoms with Crippen LogP contribution in [0.3, 0.4) is 0 Å². The summed E-state index contributed by atoms with van der Waals surface area (Å²) in [4.78, 5) is 4.29. The number of aromatic hydroxyl groups is 2. The molecule has 15 heavy (non-hydrogen) atoms. The van der Waals surface area contributed by atoms with Gasteiger partial charge >= 0.3 is 0 Å². The molecule has 0 saturated heterocycles. The quantitative estimate of drug-likeness (QED) is 0.499. The van der Waals surface area contributed by atoms with Crippen molar-refractivity contribution in [2.24, 2.45) is 7.05 Å². The van der Waals surface area contributed by atoms with Gasteiger partial charge in [-0.3, -0.25) is 0 Å². The Morgan fingerprint density at radius 1 is 1.33 bits per heavy atom. The first kappa shape index (κ1) is 10.3. The second kappa shape index (κ2) is 3.73. The molecular formula is C10H11BrN2O2. The fraction of sp³-hybridized carbons (Fsp3) is 0.300. The van der Waals surface area contributed by atoms with Gasteiger partial charge in [-0.15, -0.1) is 0 Å². The summed E-state index contributed by atoms with van der Waals surface area (Å²) in [5.74, 6) is 1.07. The molecule has 1 aromatic carbocycles. The van der Waals surface area contributed by atoms with Crippen LogP contribution in [0.2, 0.25) is 0 Å². The van der Waals surface area contributed by atoms with Gasteiger partial charge in [0.1, 0.15) is 28.4 Å². The molecule has 0 atom stereocenters. The summed E-state index contributed by atoms with van der Waals surface area (Å²) in [5.41, 5.74) is 1.03. The maximum Gasteiger partial charge on any atom is 0.143 e. The average Bonchev–Trinajstić information content (AvgIpc) is 2.53. The molecule has 1 heterocycles. The molecule has 0 aliphatic heterocycles. The average molecular weight is 272 g/mol. The van der Waals surface area contributed by atoms with Crippen LogP contribution < -0.4 is 0 Å². The number of nitrogens with zero attached hydrogens (tertiary/aromatic N) is 2. The Bertz CT molecular complexity index is 508. The van der Waals surface area contributed by atoms with E-state index in [1.165, 1.54) is 12.1 Å². The van der Waals surface area contributed by atoms with E-state index >= 15 is 0 Å². The highest BCUT2D eigenvalue weighted by Gasteiger charge is 2.13. The maximum absolute atomic E-state index is 9.67. The van der Waals surface area contributed by atoms with E-state index in [1.54, 1.807) is 4.57 Å². The van der Waals surface area contributed by atoms with Crippen molar-refractivity contribution in [2.45, 2.75) is 6.42 Å². The Morgan fingerprint density at radius 3 is 2.60 bits per heavy atom. The van der Waals surface area contributed by atoms with Gasteiger partial charge in [-0.05, 0) is 12.1 Å². The van der Waals surface area contributed by atoms with Crippen molar-refractivity contribution in [3.05, 3.63) is 18.0 Å². The summed E-state index contributed by atoms with van der Waals surface area (Å²) in [6, 6.07) is 2.92. The first-order valence-corrected chi connectivity index (χ1v) is 5.69. The lowest BCUT2D eigenvalue weighted by molar-refractivity contribution is 0.467. The monoisotopic (exact) mass is 271 g/mol. The van der Waals surface area contributed by atoms with Crippen LogP contribution in [0.25, 0.3) is 11.0 Å². The Kier molecular flexibility index (Phi) is 2.56. The van der Waals surface area contributed by atoms with Crippen LogP contribution in [-0.2, 0) is 13.5 Å². The molecule has 2 rings (SSSR count). The lowest BCUT2D eigenvalue weighted by atomic mass is 10.2.